The number of thiazole rings is 1. The lowest BCUT2D eigenvalue weighted by Gasteiger charge is -2.22. The van der Waals surface area contributed by atoms with E-state index in [-0.39, 0.29) is 21.7 Å². The van der Waals surface area contributed by atoms with E-state index in [0.717, 1.165) is 16.2 Å². The maximum atomic E-state index is 12.5. The second-order valence-electron chi connectivity index (χ2n) is 4.19. The molecule has 1 N–H and O–H groups in total. The van der Waals surface area contributed by atoms with E-state index in [1.54, 1.807) is 0 Å². The van der Waals surface area contributed by atoms with Crippen LogP contribution in [0.5, 0.6) is 0 Å². The predicted molar refractivity (Wildman–Crippen MR) is 60.2 cm³/mol. The average molecular weight is 280 g/mol. The molecule has 0 spiro atoms. The summed E-state index contributed by atoms with van der Waals surface area (Å²) < 4.78 is 37.4. The molecule has 1 aliphatic rings. The first kappa shape index (κ1) is 13.1. The van der Waals surface area contributed by atoms with E-state index < -0.39 is 18.7 Å². The van der Waals surface area contributed by atoms with Crippen molar-refractivity contribution in [3.8, 4) is 0 Å². The van der Waals surface area contributed by atoms with Gasteiger partial charge in [0.05, 0.1) is 5.69 Å². The molecule has 8 heteroatoms. The van der Waals surface area contributed by atoms with Crippen molar-refractivity contribution in [1.82, 2.24) is 4.98 Å². The summed E-state index contributed by atoms with van der Waals surface area (Å²) in [6.45, 7) is 0.409. The van der Waals surface area contributed by atoms with Crippen LogP contribution >= 0.6 is 11.3 Å². The van der Waals surface area contributed by atoms with E-state index in [4.69, 9.17) is 5.11 Å². The molecule has 18 heavy (non-hydrogen) atoms. The standard InChI is InChI=1S/C10H11F3N2O2S/c1-5-7(8(16)17)18-9(14-5)15(6-2-3-6)4-10(11,12)13/h6H,2-4H2,1H3,(H,16,17). The van der Waals surface area contributed by atoms with Crippen LogP contribution in [-0.4, -0.2) is 34.8 Å². The van der Waals surface area contributed by atoms with Gasteiger partial charge in [-0.15, -0.1) is 0 Å². The molecule has 0 aromatic carbocycles. The number of alkyl halides is 3. The molecule has 1 saturated carbocycles. The normalized spacial score (nSPS) is 15.8. The van der Waals surface area contributed by atoms with Crippen LogP contribution in [0.4, 0.5) is 18.3 Å². The van der Waals surface area contributed by atoms with Crippen molar-refractivity contribution in [1.29, 1.82) is 0 Å². The number of hydrogen-bond acceptors (Lipinski definition) is 4. The molecule has 2 rings (SSSR count). The van der Waals surface area contributed by atoms with E-state index in [0.29, 0.717) is 12.8 Å². The Hall–Kier alpha value is -1.31. The van der Waals surface area contributed by atoms with Crippen molar-refractivity contribution >= 4 is 22.4 Å². The zero-order valence-corrected chi connectivity index (χ0v) is 10.3. The average Bonchev–Trinajstić information content (AvgIpc) is 2.96. The lowest BCUT2D eigenvalue weighted by Crippen LogP contribution is -2.35. The molecule has 1 fully saturated rings. The number of hydrogen-bond donors (Lipinski definition) is 1. The van der Waals surface area contributed by atoms with E-state index in [1.807, 2.05) is 0 Å². The summed E-state index contributed by atoms with van der Waals surface area (Å²) in [4.78, 5) is 16.0. The number of nitrogens with zero attached hydrogens (tertiary/aromatic N) is 2. The summed E-state index contributed by atoms with van der Waals surface area (Å²) in [6, 6.07) is -0.168. The molecule has 4 nitrogen and oxygen atoms in total. The smallest absolute Gasteiger partial charge is 0.406 e. The fourth-order valence-electron chi connectivity index (χ4n) is 1.64. The summed E-state index contributed by atoms with van der Waals surface area (Å²) in [5, 5.41) is 9.02. The Bertz CT molecular complexity index is 468. The van der Waals surface area contributed by atoms with Gasteiger partial charge in [0.2, 0.25) is 0 Å². The molecule has 1 heterocycles. The number of carboxylic acid groups (broad SMARTS) is 1. The minimum atomic E-state index is -4.31. The summed E-state index contributed by atoms with van der Waals surface area (Å²) in [6.07, 6.45) is -2.93. The van der Waals surface area contributed by atoms with Gasteiger partial charge >= 0.3 is 12.1 Å². The predicted octanol–water partition coefficient (Wildman–Crippen LogP) is 2.68. The number of rotatable bonds is 4. The van der Waals surface area contributed by atoms with E-state index in [1.165, 1.54) is 6.92 Å². The molecule has 0 aliphatic heterocycles. The van der Waals surface area contributed by atoms with E-state index >= 15 is 0 Å². The third-order valence-electron chi connectivity index (χ3n) is 2.56. The molecule has 1 aliphatic carbocycles. The molecular weight excluding hydrogens is 269 g/mol. The Labute approximate surface area is 105 Å². The SMILES string of the molecule is Cc1nc(N(CC(F)(F)F)C2CC2)sc1C(=O)O. The summed E-state index contributed by atoms with van der Waals surface area (Å²) in [5.74, 6) is -1.15. The van der Waals surface area contributed by atoms with Gasteiger partial charge in [0.1, 0.15) is 11.4 Å². The quantitative estimate of drug-likeness (QED) is 0.921. The van der Waals surface area contributed by atoms with E-state index in [2.05, 4.69) is 4.98 Å². The number of carboxylic acids is 1. The second-order valence-corrected chi connectivity index (χ2v) is 5.17. The van der Waals surface area contributed by atoms with Crippen LogP contribution in [-0.2, 0) is 0 Å². The van der Waals surface area contributed by atoms with Crippen molar-refractivity contribution in [3.63, 3.8) is 0 Å². The largest absolute Gasteiger partial charge is 0.477 e. The number of aryl methyl sites for hydroxylation is 1. The maximum absolute atomic E-state index is 12.5. The summed E-state index contributed by atoms with van der Waals surface area (Å²) >= 11 is 0.800. The summed E-state index contributed by atoms with van der Waals surface area (Å²) in [7, 11) is 0. The van der Waals surface area contributed by atoms with Gasteiger partial charge in [0.15, 0.2) is 5.13 Å². The molecule has 0 radical (unpaired) electrons. The summed E-state index contributed by atoms with van der Waals surface area (Å²) in [5.41, 5.74) is 0.260. The lowest BCUT2D eigenvalue weighted by molar-refractivity contribution is -0.120. The highest BCUT2D eigenvalue weighted by Crippen LogP contribution is 2.37. The minimum absolute atomic E-state index is 0.00201. The first-order valence-corrected chi connectivity index (χ1v) is 6.13. The molecule has 0 bridgehead atoms. The van der Waals surface area contributed by atoms with Crippen LogP contribution in [0, 0.1) is 6.92 Å². The van der Waals surface area contributed by atoms with Gasteiger partial charge in [-0.1, -0.05) is 11.3 Å². The number of aromatic nitrogens is 1. The van der Waals surface area contributed by atoms with Crippen molar-refractivity contribution < 1.29 is 23.1 Å². The number of halogens is 3. The lowest BCUT2D eigenvalue weighted by atomic mass is 10.4. The number of carbonyl (C=O) groups is 1. The topological polar surface area (TPSA) is 53.4 Å². The van der Waals surface area contributed by atoms with Crippen LogP contribution < -0.4 is 4.90 Å². The molecular formula is C10H11F3N2O2S. The Kier molecular flexibility index (Phi) is 3.22. The van der Waals surface area contributed by atoms with Crippen LogP contribution in [0.2, 0.25) is 0 Å². The zero-order chi connectivity index (χ0) is 13.5. The second kappa shape index (κ2) is 4.42. The van der Waals surface area contributed by atoms with Crippen LogP contribution in [0.3, 0.4) is 0 Å². The molecule has 0 unspecified atom stereocenters. The van der Waals surface area contributed by atoms with Crippen molar-refractivity contribution in [3.05, 3.63) is 10.6 Å². The number of aromatic carboxylic acids is 1. The Morgan fingerprint density at radius 3 is 2.56 bits per heavy atom. The third kappa shape index (κ3) is 2.92. The molecule has 0 atom stereocenters. The fraction of sp³-hybridized carbons (Fsp3) is 0.600. The molecule has 100 valence electrons. The Morgan fingerprint density at radius 2 is 2.17 bits per heavy atom. The Morgan fingerprint density at radius 1 is 1.56 bits per heavy atom. The van der Waals surface area contributed by atoms with Gasteiger partial charge in [0, 0.05) is 6.04 Å². The molecule has 0 saturated heterocycles. The van der Waals surface area contributed by atoms with Crippen molar-refractivity contribution in [2.45, 2.75) is 32.0 Å². The van der Waals surface area contributed by atoms with Crippen LogP contribution in [0.15, 0.2) is 0 Å². The Balaban J connectivity index is 2.26. The molecule has 1 aromatic heterocycles. The van der Waals surface area contributed by atoms with E-state index in [9.17, 15) is 18.0 Å². The fourth-order valence-corrected chi connectivity index (χ4v) is 2.61. The van der Waals surface area contributed by atoms with Crippen molar-refractivity contribution in [2.75, 3.05) is 11.4 Å². The highest BCUT2D eigenvalue weighted by molar-refractivity contribution is 7.17. The van der Waals surface area contributed by atoms with Gasteiger partial charge in [-0.3, -0.25) is 0 Å². The highest BCUT2D eigenvalue weighted by Gasteiger charge is 2.39. The third-order valence-corrected chi connectivity index (χ3v) is 3.75. The molecule has 0 amide bonds. The van der Waals surface area contributed by atoms with Crippen LogP contribution in [0.25, 0.3) is 0 Å². The first-order chi connectivity index (χ1) is 8.28. The molecule has 1 aromatic rings. The van der Waals surface area contributed by atoms with Gasteiger partial charge in [0.25, 0.3) is 0 Å². The van der Waals surface area contributed by atoms with Gasteiger partial charge < -0.3 is 10.0 Å². The van der Waals surface area contributed by atoms with Gasteiger partial charge in [-0.25, -0.2) is 9.78 Å². The number of anilines is 1. The maximum Gasteiger partial charge on any atom is 0.406 e. The van der Waals surface area contributed by atoms with Gasteiger partial charge in [-0.2, -0.15) is 13.2 Å². The van der Waals surface area contributed by atoms with Crippen molar-refractivity contribution in [2.24, 2.45) is 0 Å². The minimum Gasteiger partial charge on any atom is -0.477 e. The monoisotopic (exact) mass is 280 g/mol. The zero-order valence-electron chi connectivity index (χ0n) is 9.49. The van der Waals surface area contributed by atoms with Gasteiger partial charge in [-0.05, 0) is 19.8 Å². The van der Waals surface area contributed by atoms with Crippen LogP contribution in [0.1, 0.15) is 28.2 Å². The highest BCUT2D eigenvalue weighted by atomic mass is 32.1. The first-order valence-electron chi connectivity index (χ1n) is 5.32.